The van der Waals surface area contributed by atoms with E-state index in [2.05, 4.69) is 50.6 Å². The second kappa shape index (κ2) is 10.6. The van der Waals surface area contributed by atoms with Gasteiger partial charge < -0.3 is 20.0 Å². The van der Waals surface area contributed by atoms with Gasteiger partial charge in [-0.1, -0.05) is 46.3 Å². The summed E-state index contributed by atoms with van der Waals surface area (Å²) in [6, 6.07) is 24.9. The zero-order valence-electron chi connectivity index (χ0n) is 19.6. The summed E-state index contributed by atoms with van der Waals surface area (Å²) in [6.07, 6.45) is 2.04. The highest BCUT2D eigenvalue weighted by Crippen LogP contribution is 2.41. The van der Waals surface area contributed by atoms with Crippen molar-refractivity contribution in [2.45, 2.75) is 25.4 Å². The number of thiocarbonyl (C=S) groups is 1. The molecule has 0 bridgehead atoms. The first-order chi connectivity index (χ1) is 17.5. The molecule has 8 heteroatoms. The Hall–Kier alpha value is -3.49. The lowest BCUT2D eigenvalue weighted by Crippen LogP contribution is -2.32. The molecule has 1 fully saturated rings. The standard InChI is InChI=1S/C28H25BrN4O2S/c1-18-10-11-20(21(29)17-18)23-12-13-24(35-23)27-26(22-9-5-6-15-30-22)32-28(36)33(27)16-14-25(34)31-19-7-3-2-4-8-19/h2-13,15,17,26-27H,14,16H2,1H3,(H,31,34)(H,32,36)/t26-,27+/m1/s1. The van der Waals surface area contributed by atoms with Gasteiger partial charge in [0.15, 0.2) is 5.11 Å². The van der Waals surface area contributed by atoms with E-state index in [-0.39, 0.29) is 24.4 Å². The number of para-hydroxylation sites is 1. The molecule has 2 N–H and O–H groups in total. The minimum atomic E-state index is -0.255. The number of halogens is 1. The Bertz CT molecular complexity index is 1380. The Labute approximate surface area is 223 Å². The molecule has 2 aromatic carbocycles. The number of pyridine rings is 1. The molecule has 0 spiro atoms. The summed E-state index contributed by atoms with van der Waals surface area (Å²) in [6.45, 7) is 2.49. The first-order valence-electron chi connectivity index (χ1n) is 11.7. The van der Waals surface area contributed by atoms with Crippen LogP contribution in [0.5, 0.6) is 0 Å². The van der Waals surface area contributed by atoms with E-state index >= 15 is 0 Å². The number of benzene rings is 2. The van der Waals surface area contributed by atoms with E-state index in [1.807, 2.05) is 71.6 Å². The predicted molar refractivity (Wildman–Crippen MR) is 148 cm³/mol. The lowest BCUT2D eigenvalue weighted by atomic mass is 10.0. The number of carbonyl (C=O) groups is 1. The molecule has 4 aromatic rings. The predicted octanol–water partition coefficient (Wildman–Crippen LogP) is 6.41. The molecule has 1 saturated heterocycles. The third-order valence-corrected chi connectivity index (χ3v) is 7.15. The summed E-state index contributed by atoms with van der Waals surface area (Å²) in [5, 5.41) is 6.92. The minimum Gasteiger partial charge on any atom is -0.459 e. The highest BCUT2D eigenvalue weighted by atomic mass is 79.9. The molecule has 6 nitrogen and oxygen atoms in total. The van der Waals surface area contributed by atoms with Crippen molar-refractivity contribution in [2.75, 3.05) is 11.9 Å². The van der Waals surface area contributed by atoms with Gasteiger partial charge in [0.25, 0.3) is 0 Å². The molecular formula is C28H25BrN4O2S. The monoisotopic (exact) mass is 560 g/mol. The molecule has 182 valence electrons. The van der Waals surface area contributed by atoms with E-state index in [4.69, 9.17) is 16.6 Å². The number of anilines is 1. The van der Waals surface area contributed by atoms with Crippen molar-refractivity contribution in [1.29, 1.82) is 0 Å². The number of hydrogen-bond acceptors (Lipinski definition) is 4. The Morgan fingerprint density at radius 3 is 2.67 bits per heavy atom. The normalized spacial score (nSPS) is 17.2. The van der Waals surface area contributed by atoms with Crippen LogP contribution in [0, 0.1) is 6.92 Å². The van der Waals surface area contributed by atoms with Crippen molar-refractivity contribution in [1.82, 2.24) is 15.2 Å². The van der Waals surface area contributed by atoms with Crippen LogP contribution in [0.3, 0.4) is 0 Å². The molecule has 5 rings (SSSR count). The summed E-state index contributed by atoms with van der Waals surface area (Å²) in [5.41, 5.74) is 3.77. The van der Waals surface area contributed by atoms with Crippen molar-refractivity contribution >= 4 is 44.9 Å². The van der Waals surface area contributed by atoms with Crippen LogP contribution in [-0.4, -0.2) is 27.4 Å². The van der Waals surface area contributed by atoms with E-state index in [0.717, 1.165) is 38.5 Å². The minimum absolute atomic E-state index is 0.0762. The Balaban J connectivity index is 1.42. The molecule has 0 saturated carbocycles. The van der Waals surface area contributed by atoms with Gasteiger partial charge >= 0.3 is 0 Å². The summed E-state index contributed by atoms with van der Waals surface area (Å²) < 4.78 is 7.38. The fourth-order valence-corrected chi connectivity index (χ4v) is 5.42. The number of carbonyl (C=O) groups excluding carboxylic acids is 1. The van der Waals surface area contributed by atoms with Crippen LogP contribution < -0.4 is 10.6 Å². The highest BCUT2D eigenvalue weighted by molar-refractivity contribution is 9.10. The van der Waals surface area contributed by atoms with E-state index < -0.39 is 0 Å². The molecule has 2 atom stereocenters. The number of nitrogens with zero attached hydrogens (tertiary/aromatic N) is 2. The summed E-state index contributed by atoms with van der Waals surface area (Å²) in [5.74, 6) is 1.44. The number of amides is 1. The van der Waals surface area contributed by atoms with Crippen LogP contribution in [0.2, 0.25) is 0 Å². The molecule has 3 heterocycles. The van der Waals surface area contributed by atoms with Crippen LogP contribution in [0.4, 0.5) is 5.69 Å². The lowest BCUT2D eigenvalue weighted by molar-refractivity contribution is -0.116. The number of hydrogen-bond donors (Lipinski definition) is 2. The molecule has 0 aliphatic carbocycles. The van der Waals surface area contributed by atoms with Crippen LogP contribution in [0.25, 0.3) is 11.3 Å². The van der Waals surface area contributed by atoms with Crippen molar-refractivity contribution in [3.05, 3.63) is 107 Å². The van der Waals surface area contributed by atoms with Crippen molar-refractivity contribution < 1.29 is 9.21 Å². The average molecular weight is 562 g/mol. The molecule has 1 aliphatic rings. The topological polar surface area (TPSA) is 70.4 Å². The molecule has 0 radical (unpaired) electrons. The van der Waals surface area contributed by atoms with Crippen LogP contribution in [0.15, 0.2) is 93.9 Å². The second-order valence-corrected chi connectivity index (χ2v) is 9.91. The van der Waals surface area contributed by atoms with Gasteiger partial charge in [-0.3, -0.25) is 9.78 Å². The lowest BCUT2D eigenvalue weighted by Gasteiger charge is -2.25. The van der Waals surface area contributed by atoms with Gasteiger partial charge in [0.1, 0.15) is 17.6 Å². The summed E-state index contributed by atoms with van der Waals surface area (Å²) in [4.78, 5) is 19.3. The Morgan fingerprint density at radius 1 is 1.11 bits per heavy atom. The highest BCUT2D eigenvalue weighted by Gasteiger charge is 2.41. The third kappa shape index (κ3) is 5.20. The molecule has 2 aromatic heterocycles. The van der Waals surface area contributed by atoms with Crippen LogP contribution in [0.1, 0.15) is 35.5 Å². The van der Waals surface area contributed by atoms with Gasteiger partial charge in [-0.05, 0) is 73.2 Å². The van der Waals surface area contributed by atoms with Crippen LogP contribution >= 0.6 is 28.1 Å². The zero-order chi connectivity index (χ0) is 25.1. The van der Waals surface area contributed by atoms with Crippen molar-refractivity contribution in [3.63, 3.8) is 0 Å². The van der Waals surface area contributed by atoms with Crippen LogP contribution in [-0.2, 0) is 4.79 Å². The Kier molecular flexibility index (Phi) is 7.16. The first-order valence-corrected chi connectivity index (χ1v) is 12.9. The molecule has 36 heavy (non-hydrogen) atoms. The fourth-order valence-electron chi connectivity index (χ4n) is 4.40. The largest absolute Gasteiger partial charge is 0.459 e. The number of nitrogens with one attached hydrogen (secondary N) is 2. The van der Waals surface area contributed by atoms with Gasteiger partial charge in [0.2, 0.25) is 5.91 Å². The third-order valence-electron chi connectivity index (χ3n) is 6.14. The molecule has 1 aliphatic heterocycles. The fraction of sp³-hybridized carbons (Fsp3) is 0.179. The molecule has 0 unspecified atom stereocenters. The Morgan fingerprint density at radius 2 is 1.92 bits per heavy atom. The van der Waals surface area contributed by atoms with Crippen molar-refractivity contribution in [3.8, 4) is 11.3 Å². The van der Waals surface area contributed by atoms with E-state index in [1.54, 1.807) is 6.20 Å². The number of rotatable bonds is 7. The van der Waals surface area contributed by atoms with Gasteiger partial charge in [-0.15, -0.1) is 0 Å². The van der Waals surface area contributed by atoms with Crippen molar-refractivity contribution in [2.24, 2.45) is 0 Å². The zero-order valence-corrected chi connectivity index (χ0v) is 22.1. The van der Waals surface area contributed by atoms with E-state index in [9.17, 15) is 4.79 Å². The maximum absolute atomic E-state index is 12.7. The maximum Gasteiger partial charge on any atom is 0.226 e. The van der Waals surface area contributed by atoms with E-state index in [1.165, 1.54) is 0 Å². The summed E-state index contributed by atoms with van der Waals surface area (Å²) >= 11 is 9.37. The first kappa shape index (κ1) is 24.2. The van der Waals surface area contributed by atoms with Gasteiger partial charge in [-0.25, -0.2) is 0 Å². The van der Waals surface area contributed by atoms with Gasteiger partial charge in [0.05, 0.1) is 11.7 Å². The van der Waals surface area contributed by atoms with Gasteiger partial charge in [-0.2, -0.15) is 0 Å². The van der Waals surface area contributed by atoms with Gasteiger partial charge in [0, 0.05) is 34.9 Å². The molecular weight excluding hydrogens is 536 g/mol. The average Bonchev–Trinajstić information content (AvgIpc) is 3.48. The maximum atomic E-state index is 12.7. The quantitative estimate of drug-likeness (QED) is 0.254. The number of aryl methyl sites for hydroxylation is 1. The SMILES string of the molecule is Cc1ccc(-c2ccc([C@H]3[C@@H](c4ccccn4)NC(=S)N3CCC(=O)Nc3ccccc3)o2)c(Br)c1. The summed E-state index contributed by atoms with van der Waals surface area (Å²) in [7, 11) is 0. The van der Waals surface area contributed by atoms with E-state index in [0.29, 0.717) is 11.7 Å². The smallest absolute Gasteiger partial charge is 0.226 e. The second-order valence-electron chi connectivity index (χ2n) is 8.67. The molecule has 1 amide bonds. The number of furan rings is 1. The number of aromatic nitrogens is 1.